The van der Waals surface area contributed by atoms with E-state index in [1.165, 1.54) is 7.11 Å². The Hall–Kier alpha value is -1.91. The van der Waals surface area contributed by atoms with Crippen molar-refractivity contribution in [3.63, 3.8) is 0 Å². The molecule has 2 unspecified atom stereocenters. The van der Waals surface area contributed by atoms with Crippen LogP contribution in [0.3, 0.4) is 0 Å². The predicted molar refractivity (Wildman–Crippen MR) is 81.0 cm³/mol. The Morgan fingerprint density at radius 2 is 2.10 bits per heavy atom. The van der Waals surface area contributed by atoms with E-state index in [-0.39, 0.29) is 17.9 Å². The quantitative estimate of drug-likeness (QED) is 0.890. The van der Waals surface area contributed by atoms with Gasteiger partial charge < -0.3 is 20.3 Å². The Morgan fingerprint density at radius 1 is 1.29 bits per heavy atom. The van der Waals surface area contributed by atoms with Crippen LogP contribution in [0.15, 0.2) is 36.4 Å². The topological polar surface area (TPSA) is 64.7 Å². The number of hydrogen-bond donors (Lipinski definition) is 2. The summed E-state index contributed by atoms with van der Waals surface area (Å²) >= 11 is 5.99. The maximum Gasteiger partial charge on any atom is 0.160 e. The summed E-state index contributed by atoms with van der Waals surface area (Å²) in [7, 11) is 1.52. The van der Waals surface area contributed by atoms with Crippen LogP contribution in [0.5, 0.6) is 17.2 Å². The van der Waals surface area contributed by atoms with Crippen LogP contribution < -0.4 is 15.2 Å². The zero-order valence-electron chi connectivity index (χ0n) is 11.5. The van der Waals surface area contributed by atoms with Crippen molar-refractivity contribution in [2.75, 3.05) is 7.11 Å². The first-order valence-electron chi connectivity index (χ1n) is 6.67. The van der Waals surface area contributed by atoms with Crippen molar-refractivity contribution >= 4 is 11.6 Å². The second-order valence-electron chi connectivity index (χ2n) is 5.06. The third kappa shape index (κ3) is 2.64. The van der Waals surface area contributed by atoms with E-state index in [2.05, 4.69) is 0 Å². The lowest BCUT2D eigenvalue weighted by molar-refractivity contribution is 0.161. The summed E-state index contributed by atoms with van der Waals surface area (Å²) in [4.78, 5) is 0. The molecular weight excluding hydrogens is 290 g/mol. The molecule has 21 heavy (non-hydrogen) atoms. The van der Waals surface area contributed by atoms with E-state index >= 15 is 0 Å². The number of nitrogens with two attached hydrogens (primary N) is 1. The molecule has 1 aliphatic rings. The van der Waals surface area contributed by atoms with E-state index in [4.69, 9.17) is 26.8 Å². The summed E-state index contributed by atoms with van der Waals surface area (Å²) in [6, 6.07) is 10.5. The Bertz CT molecular complexity index is 675. The summed E-state index contributed by atoms with van der Waals surface area (Å²) in [6.07, 6.45) is 0.421. The van der Waals surface area contributed by atoms with Gasteiger partial charge in [-0.15, -0.1) is 0 Å². The highest BCUT2D eigenvalue weighted by atomic mass is 35.5. The highest BCUT2D eigenvalue weighted by molar-refractivity contribution is 6.30. The van der Waals surface area contributed by atoms with E-state index in [1.54, 1.807) is 18.2 Å². The van der Waals surface area contributed by atoms with Gasteiger partial charge in [0.1, 0.15) is 11.9 Å². The number of fused-ring (bicyclic) bond motifs is 1. The van der Waals surface area contributed by atoms with Crippen molar-refractivity contribution in [2.45, 2.75) is 18.6 Å². The van der Waals surface area contributed by atoms with Gasteiger partial charge in [-0.2, -0.15) is 0 Å². The second-order valence-corrected chi connectivity index (χ2v) is 5.50. The van der Waals surface area contributed by atoms with Gasteiger partial charge >= 0.3 is 0 Å². The lowest BCUT2D eigenvalue weighted by Crippen LogP contribution is -2.24. The molecule has 1 heterocycles. The summed E-state index contributed by atoms with van der Waals surface area (Å²) < 4.78 is 11.0. The number of phenols is 1. The molecule has 1 aliphatic heterocycles. The van der Waals surface area contributed by atoms with E-state index in [1.807, 2.05) is 18.2 Å². The zero-order chi connectivity index (χ0) is 15.0. The van der Waals surface area contributed by atoms with Gasteiger partial charge in [-0.1, -0.05) is 17.7 Å². The van der Waals surface area contributed by atoms with E-state index in [0.717, 1.165) is 16.9 Å². The first-order valence-corrected chi connectivity index (χ1v) is 7.05. The molecule has 0 amide bonds. The minimum absolute atomic E-state index is 0.0917. The highest BCUT2D eigenvalue weighted by Gasteiger charge is 2.27. The normalized spacial score (nSPS) is 20.5. The van der Waals surface area contributed by atoms with Gasteiger partial charge in [0.25, 0.3) is 0 Å². The molecule has 0 bridgehead atoms. The highest BCUT2D eigenvalue weighted by Crippen LogP contribution is 2.42. The van der Waals surface area contributed by atoms with Gasteiger partial charge in [-0.3, -0.25) is 0 Å². The Morgan fingerprint density at radius 3 is 2.81 bits per heavy atom. The van der Waals surface area contributed by atoms with Gasteiger partial charge in [0.2, 0.25) is 0 Å². The van der Waals surface area contributed by atoms with Crippen molar-refractivity contribution < 1.29 is 14.6 Å². The van der Waals surface area contributed by atoms with Gasteiger partial charge in [0, 0.05) is 23.0 Å². The number of halogens is 1. The van der Waals surface area contributed by atoms with Crippen LogP contribution in [0, 0.1) is 0 Å². The van der Waals surface area contributed by atoms with Crippen molar-refractivity contribution in [3.8, 4) is 17.2 Å². The number of phenolic OH excluding ortho intramolecular Hbond substituents is 1. The summed E-state index contributed by atoms with van der Waals surface area (Å²) in [6.45, 7) is 0. The van der Waals surface area contributed by atoms with Crippen molar-refractivity contribution in [1.82, 2.24) is 0 Å². The fourth-order valence-corrected chi connectivity index (χ4v) is 2.77. The van der Waals surface area contributed by atoms with Crippen LogP contribution in [0.1, 0.15) is 29.7 Å². The number of aromatic hydroxyl groups is 1. The number of hydrogen-bond acceptors (Lipinski definition) is 4. The molecule has 5 heteroatoms. The SMILES string of the molecule is COc1ccc(C2CC(N)c3cc(Cl)ccc3O2)cc1O. The maximum atomic E-state index is 9.89. The number of methoxy groups -OCH3 is 1. The van der Waals surface area contributed by atoms with Crippen LogP contribution >= 0.6 is 11.6 Å². The van der Waals surface area contributed by atoms with Gasteiger partial charge in [-0.05, 0) is 35.9 Å². The molecule has 0 saturated carbocycles. The monoisotopic (exact) mass is 305 g/mol. The molecule has 3 rings (SSSR count). The molecule has 3 N–H and O–H groups in total. The average Bonchev–Trinajstić information content (AvgIpc) is 2.47. The zero-order valence-corrected chi connectivity index (χ0v) is 12.3. The fourth-order valence-electron chi connectivity index (χ4n) is 2.59. The molecule has 4 nitrogen and oxygen atoms in total. The molecule has 0 spiro atoms. The van der Waals surface area contributed by atoms with Crippen LogP contribution in [0.25, 0.3) is 0 Å². The summed E-state index contributed by atoms with van der Waals surface area (Å²) in [5, 5.41) is 10.5. The van der Waals surface area contributed by atoms with Crippen molar-refractivity contribution in [1.29, 1.82) is 0 Å². The lowest BCUT2D eigenvalue weighted by atomic mass is 9.93. The lowest BCUT2D eigenvalue weighted by Gasteiger charge is -2.30. The van der Waals surface area contributed by atoms with Crippen LogP contribution in [0.4, 0.5) is 0 Å². The molecule has 0 saturated heterocycles. The van der Waals surface area contributed by atoms with Gasteiger partial charge in [0.05, 0.1) is 7.11 Å². The molecule has 2 aromatic rings. The predicted octanol–water partition coefficient (Wildman–Crippen LogP) is 3.58. The summed E-state index contributed by atoms with van der Waals surface area (Å²) in [5.74, 6) is 1.26. The number of benzene rings is 2. The fraction of sp³-hybridized carbons (Fsp3) is 0.250. The first kappa shape index (κ1) is 14.0. The Kier molecular flexibility index (Phi) is 3.66. The third-order valence-corrected chi connectivity index (χ3v) is 3.92. The van der Waals surface area contributed by atoms with Crippen LogP contribution in [-0.2, 0) is 0 Å². The van der Waals surface area contributed by atoms with Gasteiger partial charge in [-0.25, -0.2) is 0 Å². The Labute approximate surface area is 128 Å². The molecule has 0 radical (unpaired) electrons. The minimum Gasteiger partial charge on any atom is -0.504 e. The standard InChI is InChI=1S/C16H16ClNO3/c1-20-15-4-2-9(6-13(15)19)16-8-12(18)11-7-10(17)3-5-14(11)21-16/h2-7,12,16,19H,8,18H2,1H3. The smallest absolute Gasteiger partial charge is 0.160 e. The summed E-state index contributed by atoms with van der Waals surface area (Å²) in [5.41, 5.74) is 7.99. The van der Waals surface area contributed by atoms with Crippen LogP contribution in [-0.4, -0.2) is 12.2 Å². The molecule has 0 aliphatic carbocycles. The molecule has 110 valence electrons. The third-order valence-electron chi connectivity index (χ3n) is 3.68. The number of ether oxygens (including phenoxy) is 2. The van der Waals surface area contributed by atoms with E-state index in [9.17, 15) is 5.11 Å². The Balaban J connectivity index is 1.92. The first-order chi connectivity index (χ1) is 10.1. The molecule has 0 fully saturated rings. The molecule has 2 atom stereocenters. The van der Waals surface area contributed by atoms with E-state index in [0.29, 0.717) is 17.2 Å². The maximum absolute atomic E-state index is 9.89. The largest absolute Gasteiger partial charge is 0.504 e. The van der Waals surface area contributed by atoms with Crippen LogP contribution in [0.2, 0.25) is 5.02 Å². The minimum atomic E-state index is -0.203. The molecule has 2 aromatic carbocycles. The molecule has 0 aromatic heterocycles. The van der Waals surface area contributed by atoms with E-state index < -0.39 is 0 Å². The average molecular weight is 306 g/mol. The second kappa shape index (κ2) is 5.47. The van der Waals surface area contributed by atoms with Gasteiger partial charge in [0.15, 0.2) is 11.5 Å². The molecular formula is C16H16ClNO3. The number of rotatable bonds is 2. The van der Waals surface area contributed by atoms with Crippen molar-refractivity contribution in [3.05, 3.63) is 52.5 Å². The van der Waals surface area contributed by atoms with Crippen molar-refractivity contribution in [2.24, 2.45) is 5.73 Å².